The summed E-state index contributed by atoms with van der Waals surface area (Å²) < 4.78 is 21.9. The van der Waals surface area contributed by atoms with E-state index in [-0.39, 0.29) is 68.1 Å². The largest absolute Gasteiger partial charge is 0.465 e. The van der Waals surface area contributed by atoms with E-state index in [4.69, 9.17) is 24.1 Å². The minimum absolute atomic E-state index is 0.0235. The zero-order chi connectivity index (χ0) is 33.8. The molecule has 0 heterocycles. The van der Waals surface area contributed by atoms with Crippen LogP contribution in [0.4, 0.5) is 0 Å². The van der Waals surface area contributed by atoms with Gasteiger partial charge in [-0.25, -0.2) is 0 Å². The highest BCUT2D eigenvalue weighted by atomic mass is 16.5. The molecule has 0 aliphatic heterocycles. The average molecular weight is 651 g/mol. The molecule has 0 saturated heterocycles. The molecule has 254 valence electrons. The lowest BCUT2D eigenvalue weighted by Gasteiger charge is -2.16. The summed E-state index contributed by atoms with van der Waals surface area (Å²) in [5, 5.41) is 9.05. The Labute approximate surface area is 276 Å². The highest BCUT2D eigenvalue weighted by molar-refractivity contribution is 6.10. The van der Waals surface area contributed by atoms with Gasteiger partial charge in [0.15, 0.2) is 11.6 Å². The van der Waals surface area contributed by atoms with Crippen LogP contribution in [-0.2, 0) is 33.3 Å². The zero-order valence-corrected chi connectivity index (χ0v) is 27.4. The zero-order valence-electron chi connectivity index (χ0n) is 27.4. The van der Waals surface area contributed by atoms with Crippen molar-refractivity contribution < 1.29 is 48.0 Å². The molecule has 2 aromatic carbocycles. The second kappa shape index (κ2) is 18.1. The van der Waals surface area contributed by atoms with E-state index in [0.717, 1.165) is 28.7 Å². The highest BCUT2D eigenvalue weighted by Gasteiger charge is 2.36. The molecular formula is C37H46O10. The third kappa shape index (κ3) is 9.96. The predicted molar refractivity (Wildman–Crippen MR) is 174 cm³/mol. The van der Waals surface area contributed by atoms with Crippen molar-refractivity contribution in [3.63, 3.8) is 0 Å². The number of carbonyl (C=O) groups excluding carboxylic acids is 5. The topological polar surface area (TPSA) is 142 Å². The molecule has 0 spiro atoms. The third-order valence-corrected chi connectivity index (χ3v) is 8.78. The van der Waals surface area contributed by atoms with Crippen LogP contribution in [0.1, 0.15) is 102 Å². The van der Waals surface area contributed by atoms with Crippen molar-refractivity contribution in [2.24, 2.45) is 5.92 Å². The smallest absolute Gasteiger partial charge is 0.307 e. The molecule has 2 aliphatic carbocycles. The monoisotopic (exact) mass is 650 g/mol. The fourth-order valence-electron chi connectivity index (χ4n) is 6.10. The molecule has 2 aliphatic rings. The number of hydrogen-bond donors (Lipinski definition) is 1. The van der Waals surface area contributed by atoms with E-state index in [1.165, 1.54) is 0 Å². The van der Waals surface area contributed by atoms with Crippen molar-refractivity contribution in [1.82, 2.24) is 0 Å². The average Bonchev–Trinajstić information content (AvgIpc) is 3.55. The van der Waals surface area contributed by atoms with Gasteiger partial charge in [-0.15, -0.1) is 0 Å². The van der Waals surface area contributed by atoms with Gasteiger partial charge in [-0.1, -0.05) is 24.3 Å². The van der Waals surface area contributed by atoms with E-state index in [1.807, 2.05) is 31.2 Å². The standard InChI is InChI=1S/C37H46O10/c1-24(14-15-38)46-19-4-7-34(40)26-9-11-28-27-10-8-25(33(39)6-3-17-45-18-5-16-44-2)20-29(27)32(30(28)21-26)23-47-37(43)22-31-35(41)12-13-36(31)42/h8-11,20-21,24,31-32,38H,3-7,12-19,22-23H2,1-2H3. The third-order valence-electron chi connectivity index (χ3n) is 8.78. The minimum Gasteiger partial charge on any atom is -0.465 e. The van der Waals surface area contributed by atoms with E-state index in [0.29, 0.717) is 63.2 Å². The van der Waals surface area contributed by atoms with E-state index in [1.54, 1.807) is 19.2 Å². The summed E-state index contributed by atoms with van der Waals surface area (Å²) in [5.74, 6) is -2.55. The van der Waals surface area contributed by atoms with Crippen molar-refractivity contribution in [1.29, 1.82) is 0 Å². The minimum atomic E-state index is -0.946. The van der Waals surface area contributed by atoms with Crippen LogP contribution in [0.5, 0.6) is 0 Å². The highest BCUT2D eigenvalue weighted by Crippen LogP contribution is 2.46. The first-order valence-electron chi connectivity index (χ1n) is 16.6. The molecule has 0 aromatic heterocycles. The van der Waals surface area contributed by atoms with E-state index < -0.39 is 17.8 Å². The first kappa shape index (κ1) is 36.3. The Morgan fingerprint density at radius 3 is 1.96 bits per heavy atom. The summed E-state index contributed by atoms with van der Waals surface area (Å²) in [6, 6.07) is 11.0. The molecule has 4 rings (SSSR count). The summed E-state index contributed by atoms with van der Waals surface area (Å²) in [4.78, 5) is 63.3. The first-order chi connectivity index (χ1) is 22.7. The van der Waals surface area contributed by atoms with Crippen molar-refractivity contribution in [3.05, 3.63) is 58.7 Å². The van der Waals surface area contributed by atoms with Crippen LogP contribution < -0.4 is 0 Å². The van der Waals surface area contributed by atoms with Gasteiger partial charge in [0.05, 0.1) is 18.4 Å². The summed E-state index contributed by atoms with van der Waals surface area (Å²) in [7, 11) is 1.64. The maximum Gasteiger partial charge on any atom is 0.307 e. The van der Waals surface area contributed by atoms with Gasteiger partial charge in [-0.2, -0.15) is 0 Å². The van der Waals surface area contributed by atoms with Gasteiger partial charge in [0.2, 0.25) is 0 Å². The van der Waals surface area contributed by atoms with Gasteiger partial charge >= 0.3 is 5.97 Å². The Bertz CT molecular complexity index is 1410. The summed E-state index contributed by atoms with van der Waals surface area (Å²) >= 11 is 0. The molecule has 0 bridgehead atoms. The van der Waals surface area contributed by atoms with E-state index in [9.17, 15) is 24.0 Å². The Hall–Kier alpha value is -3.57. The predicted octanol–water partition coefficient (Wildman–Crippen LogP) is 5.05. The number of ether oxygens (including phenoxy) is 4. The molecule has 2 atom stereocenters. The summed E-state index contributed by atoms with van der Waals surface area (Å²) in [6.45, 7) is 3.95. The fraction of sp³-hybridized carbons (Fsp3) is 0.541. The van der Waals surface area contributed by atoms with Crippen LogP contribution in [0, 0.1) is 5.92 Å². The van der Waals surface area contributed by atoms with Crippen LogP contribution in [0.25, 0.3) is 11.1 Å². The first-order valence-corrected chi connectivity index (χ1v) is 16.6. The fourth-order valence-corrected chi connectivity index (χ4v) is 6.10. The molecule has 10 heteroatoms. The lowest BCUT2D eigenvalue weighted by atomic mass is 9.93. The van der Waals surface area contributed by atoms with Crippen molar-refractivity contribution in [2.45, 2.75) is 76.7 Å². The Morgan fingerprint density at radius 1 is 0.809 bits per heavy atom. The van der Waals surface area contributed by atoms with Gasteiger partial charge in [0.25, 0.3) is 0 Å². The van der Waals surface area contributed by atoms with Gasteiger partial charge in [-0.05, 0) is 67.0 Å². The van der Waals surface area contributed by atoms with Crippen molar-refractivity contribution >= 4 is 29.1 Å². The second-order valence-corrected chi connectivity index (χ2v) is 12.2. The number of aliphatic hydroxyl groups is 1. The van der Waals surface area contributed by atoms with Gasteiger partial charge in [0.1, 0.15) is 18.2 Å². The van der Waals surface area contributed by atoms with Crippen LogP contribution in [0.3, 0.4) is 0 Å². The summed E-state index contributed by atoms with van der Waals surface area (Å²) in [6.07, 6.45) is 3.00. The molecule has 0 radical (unpaired) electrons. The number of aliphatic hydroxyl groups excluding tert-OH is 1. The van der Waals surface area contributed by atoms with Crippen LogP contribution in [-0.4, -0.2) is 87.1 Å². The van der Waals surface area contributed by atoms with Gasteiger partial charge in [-0.3, -0.25) is 24.0 Å². The number of hydrogen-bond acceptors (Lipinski definition) is 10. The van der Waals surface area contributed by atoms with Crippen molar-refractivity contribution in [2.75, 3.05) is 46.8 Å². The molecule has 2 unspecified atom stereocenters. The second-order valence-electron chi connectivity index (χ2n) is 12.2. The normalized spacial score (nSPS) is 16.3. The lowest BCUT2D eigenvalue weighted by Crippen LogP contribution is -2.21. The SMILES string of the molecule is COCCCOCCCC(=O)c1ccc2c(c1)C(COC(=O)CC1C(=O)CCC1=O)c1cc(C(=O)CCCOC(C)CCO)ccc1-2. The van der Waals surface area contributed by atoms with Crippen molar-refractivity contribution in [3.8, 4) is 11.1 Å². The van der Waals surface area contributed by atoms with E-state index in [2.05, 4.69) is 0 Å². The molecule has 1 N–H and O–H groups in total. The molecule has 1 fully saturated rings. The molecule has 1 saturated carbocycles. The number of esters is 1. The quantitative estimate of drug-likeness (QED) is 0.0844. The number of Topliss-reactive ketones (excluding diaryl/α,β-unsaturated/α-hetero) is 4. The number of fused-ring (bicyclic) bond motifs is 3. The molecule has 2 aromatic rings. The Morgan fingerprint density at radius 2 is 1.38 bits per heavy atom. The number of rotatable bonds is 21. The summed E-state index contributed by atoms with van der Waals surface area (Å²) in [5.41, 5.74) is 4.49. The molecule has 0 amide bonds. The van der Waals surface area contributed by atoms with Crippen LogP contribution >= 0.6 is 0 Å². The Balaban J connectivity index is 1.47. The number of ketones is 4. The number of benzene rings is 2. The van der Waals surface area contributed by atoms with Gasteiger partial charge in [0, 0.05) is 82.9 Å². The van der Waals surface area contributed by atoms with Crippen LogP contribution in [0.2, 0.25) is 0 Å². The lowest BCUT2D eigenvalue weighted by molar-refractivity contribution is -0.148. The Kier molecular flexibility index (Phi) is 14.0. The number of methoxy groups -OCH3 is 1. The maximum absolute atomic E-state index is 13.2. The van der Waals surface area contributed by atoms with Gasteiger partial charge < -0.3 is 24.1 Å². The number of carbonyl (C=O) groups is 5. The van der Waals surface area contributed by atoms with Crippen LogP contribution in [0.15, 0.2) is 36.4 Å². The molecule has 10 nitrogen and oxygen atoms in total. The molecular weight excluding hydrogens is 604 g/mol. The molecule has 47 heavy (non-hydrogen) atoms. The van der Waals surface area contributed by atoms with E-state index >= 15 is 0 Å². The maximum atomic E-state index is 13.2.